The van der Waals surface area contributed by atoms with E-state index in [4.69, 9.17) is 20.8 Å². The average molecular weight is 386 g/mol. The Bertz CT molecular complexity index is 922. The number of oxazole rings is 1. The van der Waals surface area contributed by atoms with Crippen molar-refractivity contribution in [2.24, 2.45) is 0 Å². The van der Waals surface area contributed by atoms with Crippen LogP contribution in [0.2, 0.25) is 5.02 Å². The molecule has 2 N–H and O–H groups in total. The summed E-state index contributed by atoms with van der Waals surface area (Å²) in [7, 11) is 0. The van der Waals surface area contributed by atoms with E-state index in [1.54, 1.807) is 24.3 Å². The molecule has 3 aromatic rings. The van der Waals surface area contributed by atoms with E-state index in [2.05, 4.69) is 15.6 Å². The fraction of sp³-hybridized carbons (Fsp3) is 0.200. The summed E-state index contributed by atoms with van der Waals surface area (Å²) in [5.74, 6) is 1.95. The fourth-order valence-corrected chi connectivity index (χ4v) is 2.67. The van der Waals surface area contributed by atoms with Crippen molar-refractivity contribution in [2.75, 3.05) is 11.9 Å². The van der Waals surface area contributed by atoms with Gasteiger partial charge in [0.15, 0.2) is 0 Å². The Morgan fingerprint density at radius 2 is 2.00 bits per heavy atom. The second-order valence-electron chi connectivity index (χ2n) is 5.80. The van der Waals surface area contributed by atoms with Crippen molar-refractivity contribution in [2.45, 2.75) is 20.4 Å². The van der Waals surface area contributed by atoms with E-state index in [9.17, 15) is 4.79 Å². The highest BCUT2D eigenvalue weighted by molar-refractivity contribution is 6.30. The molecule has 1 heterocycles. The summed E-state index contributed by atoms with van der Waals surface area (Å²) in [5, 5.41) is 6.04. The number of amides is 2. The van der Waals surface area contributed by atoms with Gasteiger partial charge in [-0.3, -0.25) is 0 Å². The first-order valence-electron chi connectivity index (χ1n) is 8.55. The van der Waals surface area contributed by atoms with Crippen molar-refractivity contribution in [3.05, 3.63) is 65.0 Å². The summed E-state index contributed by atoms with van der Waals surface area (Å²) in [6.07, 6.45) is 0. The first-order chi connectivity index (χ1) is 13.0. The van der Waals surface area contributed by atoms with Crippen LogP contribution in [-0.2, 0) is 6.54 Å². The number of ether oxygens (including phenoxy) is 1. The maximum atomic E-state index is 12.0. The molecule has 0 aliphatic carbocycles. The smallest absolute Gasteiger partial charge is 0.319 e. The number of aryl methyl sites for hydroxylation is 1. The summed E-state index contributed by atoms with van der Waals surface area (Å²) < 4.78 is 11.2. The van der Waals surface area contributed by atoms with Crippen LogP contribution in [0.4, 0.5) is 10.5 Å². The van der Waals surface area contributed by atoms with Crippen LogP contribution in [0.15, 0.2) is 52.9 Å². The van der Waals surface area contributed by atoms with Gasteiger partial charge in [0.1, 0.15) is 17.2 Å². The average Bonchev–Trinajstić information content (AvgIpc) is 3.02. The lowest BCUT2D eigenvalue weighted by Crippen LogP contribution is -2.28. The molecule has 0 atom stereocenters. The highest BCUT2D eigenvalue weighted by Gasteiger charge is 2.13. The summed E-state index contributed by atoms with van der Waals surface area (Å²) in [5.41, 5.74) is 2.13. The Hall–Kier alpha value is -2.99. The van der Waals surface area contributed by atoms with E-state index in [0.717, 1.165) is 11.3 Å². The van der Waals surface area contributed by atoms with E-state index in [1.165, 1.54) is 0 Å². The Morgan fingerprint density at radius 3 is 2.70 bits per heavy atom. The molecule has 0 spiro atoms. The van der Waals surface area contributed by atoms with Crippen molar-refractivity contribution in [3.63, 3.8) is 0 Å². The summed E-state index contributed by atoms with van der Waals surface area (Å²) in [6, 6.07) is 14.1. The molecule has 0 unspecified atom stereocenters. The summed E-state index contributed by atoms with van der Waals surface area (Å²) >= 11 is 5.91. The molecule has 7 heteroatoms. The zero-order chi connectivity index (χ0) is 19.2. The molecular weight excluding hydrogens is 366 g/mol. The first kappa shape index (κ1) is 18.8. The van der Waals surface area contributed by atoms with Crippen LogP contribution in [0, 0.1) is 6.92 Å². The number of hydrogen-bond donors (Lipinski definition) is 2. The SMILES string of the molecule is CCOc1ccc(-c2nc(CNC(=O)Nc3cccc(Cl)c3)c(C)o2)cc1. The number of rotatable bonds is 6. The van der Waals surface area contributed by atoms with Crippen molar-refractivity contribution >= 4 is 23.3 Å². The number of urea groups is 1. The molecule has 2 amide bonds. The van der Waals surface area contributed by atoms with Crippen LogP contribution in [-0.4, -0.2) is 17.6 Å². The van der Waals surface area contributed by atoms with Gasteiger partial charge in [0.05, 0.1) is 13.2 Å². The molecule has 0 bridgehead atoms. The number of benzene rings is 2. The summed E-state index contributed by atoms with van der Waals surface area (Å²) in [6.45, 7) is 4.62. The van der Waals surface area contributed by atoms with Crippen LogP contribution in [0.1, 0.15) is 18.4 Å². The number of nitrogens with one attached hydrogen (secondary N) is 2. The summed E-state index contributed by atoms with van der Waals surface area (Å²) in [4.78, 5) is 16.5. The van der Waals surface area contributed by atoms with Gasteiger partial charge >= 0.3 is 6.03 Å². The largest absolute Gasteiger partial charge is 0.494 e. The normalized spacial score (nSPS) is 10.5. The number of aromatic nitrogens is 1. The molecule has 1 aromatic heterocycles. The van der Waals surface area contributed by atoms with Crippen molar-refractivity contribution < 1.29 is 13.9 Å². The molecule has 0 saturated heterocycles. The van der Waals surface area contributed by atoms with Gasteiger partial charge in [-0.25, -0.2) is 9.78 Å². The van der Waals surface area contributed by atoms with Crippen molar-refractivity contribution in [1.82, 2.24) is 10.3 Å². The zero-order valence-corrected chi connectivity index (χ0v) is 15.8. The molecule has 0 aliphatic heterocycles. The molecule has 3 rings (SSSR count). The predicted molar refractivity (Wildman–Crippen MR) is 105 cm³/mol. The number of nitrogens with zero attached hydrogens (tertiary/aromatic N) is 1. The van der Waals surface area contributed by atoms with E-state index in [1.807, 2.05) is 38.1 Å². The number of hydrogen-bond acceptors (Lipinski definition) is 4. The Morgan fingerprint density at radius 1 is 1.22 bits per heavy atom. The minimum absolute atomic E-state index is 0.249. The maximum absolute atomic E-state index is 12.0. The molecule has 27 heavy (non-hydrogen) atoms. The Kier molecular flexibility index (Phi) is 5.98. The van der Waals surface area contributed by atoms with Gasteiger partial charge in [0, 0.05) is 16.3 Å². The van der Waals surface area contributed by atoms with Crippen molar-refractivity contribution in [3.8, 4) is 17.2 Å². The standard InChI is InChI=1S/C20H20ClN3O3/c1-3-26-17-9-7-14(8-10-17)19-24-18(13(2)27-19)12-22-20(25)23-16-6-4-5-15(21)11-16/h4-11H,3,12H2,1-2H3,(H2,22,23,25). The highest BCUT2D eigenvalue weighted by Crippen LogP contribution is 2.24. The number of carbonyl (C=O) groups excluding carboxylic acids is 1. The van der Waals surface area contributed by atoms with Gasteiger partial charge < -0.3 is 19.8 Å². The highest BCUT2D eigenvalue weighted by atomic mass is 35.5. The predicted octanol–water partition coefficient (Wildman–Crippen LogP) is 5.02. The third-order valence-electron chi connectivity index (χ3n) is 3.80. The van der Waals surface area contributed by atoms with Crippen LogP contribution in [0.5, 0.6) is 5.75 Å². The third kappa shape index (κ3) is 5.01. The quantitative estimate of drug-likeness (QED) is 0.624. The molecule has 140 valence electrons. The van der Waals surface area contributed by atoms with Gasteiger partial charge in [-0.05, 0) is 56.3 Å². The molecule has 0 aliphatic rings. The molecular formula is C20H20ClN3O3. The Balaban J connectivity index is 1.61. The van der Waals surface area contributed by atoms with Crippen LogP contribution in [0.3, 0.4) is 0 Å². The topological polar surface area (TPSA) is 76.4 Å². The molecule has 0 radical (unpaired) electrons. The third-order valence-corrected chi connectivity index (χ3v) is 4.04. The first-order valence-corrected chi connectivity index (χ1v) is 8.93. The number of anilines is 1. The maximum Gasteiger partial charge on any atom is 0.319 e. The van der Waals surface area contributed by atoms with Gasteiger partial charge in [-0.2, -0.15) is 0 Å². The van der Waals surface area contributed by atoms with E-state index < -0.39 is 0 Å². The Labute approximate surface area is 162 Å². The molecule has 0 saturated carbocycles. The second kappa shape index (κ2) is 8.60. The van der Waals surface area contributed by atoms with E-state index in [0.29, 0.717) is 34.7 Å². The number of halogens is 1. The minimum Gasteiger partial charge on any atom is -0.494 e. The van der Waals surface area contributed by atoms with E-state index in [-0.39, 0.29) is 12.6 Å². The lowest BCUT2D eigenvalue weighted by atomic mass is 10.2. The molecule has 0 fully saturated rings. The number of carbonyl (C=O) groups is 1. The monoisotopic (exact) mass is 385 g/mol. The van der Waals surface area contributed by atoms with Gasteiger partial charge in [0.25, 0.3) is 0 Å². The molecule has 6 nitrogen and oxygen atoms in total. The minimum atomic E-state index is -0.345. The van der Waals surface area contributed by atoms with Gasteiger partial charge in [0.2, 0.25) is 5.89 Å². The van der Waals surface area contributed by atoms with Crippen LogP contribution >= 0.6 is 11.6 Å². The van der Waals surface area contributed by atoms with Gasteiger partial charge in [-0.15, -0.1) is 0 Å². The van der Waals surface area contributed by atoms with E-state index >= 15 is 0 Å². The lowest BCUT2D eigenvalue weighted by Gasteiger charge is -2.06. The second-order valence-corrected chi connectivity index (χ2v) is 6.23. The van der Waals surface area contributed by atoms with Crippen molar-refractivity contribution in [1.29, 1.82) is 0 Å². The van der Waals surface area contributed by atoms with Crippen LogP contribution < -0.4 is 15.4 Å². The fourth-order valence-electron chi connectivity index (χ4n) is 2.48. The lowest BCUT2D eigenvalue weighted by molar-refractivity contribution is 0.251. The van der Waals surface area contributed by atoms with Crippen LogP contribution in [0.25, 0.3) is 11.5 Å². The zero-order valence-electron chi connectivity index (χ0n) is 15.1. The molecule has 2 aromatic carbocycles. The van der Waals surface area contributed by atoms with Gasteiger partial charge in [-0.1, -0.05) is 17.7 Å².